The standard InChI is InChI=1S/C27H32Cl2N4O3/c1-19(2)33-25-7-5-4-6-24(25)31(27(33)35)15-14-30-12-10-20(11-13-30)17-32(26(34)18-36-3)21-8-9-22(28)23(29)16-21/h4-9,16,20H,1,10-15,17-18H2,2-3H3. The topological polar surface area (TPSA) is 59.7 Å². The summed E-state index contributed by atoms with van der Waals surface area (Å²) in [5.74, 6) is 0.246. The quantitative estimate of drug-likeness (QED) is 0.391. The molecule has 0 unspecified atom stereocenters. The maximum atomic E-state index is 13.1. The number of piperidine rings is 1. The summed E-state index contributed by atoms with van der Waals surface area (Å²) in [6.07, 6.45) is 1.92. The molecule has 7 nitrogen and oxygen atoms in total. The Morgan fingerprint density at radius 2 is 1.78 bits per heavy atom. The van der Waals surface area contributed by atoms with Gasteiger partial charge in [-0.1, -0.05) is 41.9 Å². The largest absolute Gasteiger partial charge is 0.375 e. The molecule has 0 radical (unpaired) electrons. The Balaban J connectivity index is 1.39. The molecule has 1 amide bonds. The van der Waals surface area contributed by atoms with E-state index in [4.69, 9.17) is 27.9 Å². The zero-order valence-electron chi connectivity index (χ0n) is 20.8. The minimum atomic E-state index is -0.105. The molecule has 1 aliphatic rings. The maximum Gasteiger partial charge on any atom is 0.333 e. The van der Waals surface area contributed by atoms with Gasteiger partial charge in [0.1, 0.15) is 6.61 Å². The van der Waals surface area contributed by atoms with Crippen LogP contribution in [0.3, 0.4) is 0 Å². The molecule has 3 aromatic rings. The highest BCUT2D eigenvalue weighted by molar-refractivity contribution is 6.42. The van der Waals surface area contributed by atoms with Crippen molar-refractivity contribution in [1.82, 2.24) is 14.0 Å². The van der Waals surface area contributed by atoms with Gasteiger partial charge in [-0.2, -0.15) is 0 Å². The Morgan fingerprint density at radius 3 is 2.42 bits per heavy atom. The molecule has 192 valence electrons. The van der Waals surface area contributed by atoms with Crippen LogP contribution < -0.4 is 10.6 Å². The highest BCUT2D eigenvalue weighted by Gasteiger charge is 2.25. The van der Waals surface area contributed by atoms with E-state index in [0.29, 0.717) is 34.7 Å². The third-order valence-corrected chi connectivity index (χ3v) is 7.53. The number of allylic oxidation sites excluding steroid dienone is 1. The van der Waals surface area contributed by atoms with Gasteiger partial charge in [0, 0.05) is 38.1 Å². The number of methoxy groups -OCH3 is 1. The van der Waals surface area contributed by atoms with Crippen LogP contribution in [-0.2, 0) is 16.1 Å². The number of likely N-dealkylation sites (tertiary alicyclic amines) is 1. The molecular weight excluding hydrogens is 499 g/mol. The smallest absolute Gasteiger partial charge is 0.333 e. The van der Waals surface area contributed by atoms with Crippen molar-refractivity contribution in [2.24, 2.45) is 5.92 Å². The van der Waals surface area contributed by atoms with Gasteiger partial charge in [-0.25, -0.2) is 4.79 Å². The summed E-state index contributed by atoms with van der Waals surface area (Å²) in [5.41, 5.74) is 3.20. The summed E-state index contributed by atoms with van der Waals surface area (Å²) in [5, 5.41) is 0.876. The van der Waals surface area contributed by atoms with Crippen molar-refractivity contribution in [1.29, 1.82) is 0 Å². The highest BCUT2D eigenvalue weighted by Crippen LogP contribution is 2.29. The number of halogens is 2. The Morgan fingerprint density at radius 1 is 1.08 bits per heavy atom. The summed E-state index contributed by atoms with van der Waals surface area (Å²) in [6.45, 7) is 9.65. The van der Waals surface area contributed by atoms with Crippen LogP contribution in [0.25, 0.3) is 16.7 Å². The van der Waals surface area contributed by atoms with Crippen molar-refractivity contribution in [3.8, 4) is 0 Å². The van der Waals surface area contributed by atoms with Crippen molar-refractivity contribution < 1.29 is 9.53 Å². The Bertz CT molecular complexity index is 1310. The molecule has 1 aromatic heterocycles. The van der Waals surface area contributed by atoms with E-state index in [0.717, 1.165) is 49.2 Å². The number of nitrogens with zero attached hydrogens (tertiary/aromatic N) is 4. The van der Waals surface area contributed by atoms with Crippen molar-refractivity contribution in [2.45, 2.75) is 26.3 Å². The lowest BCUT2D eigenvalue weighted by Crippen LogP contribution is -2.43. The van der Waals surface area contributed by atoms with Crippen LogP contribution in [0.1, 0.15) is 19.8 Å². The van der Waals surface area contributed by atoms with E-state index in [2.05, 4.69) is 11.5 Å². The van der Waals surface area contributed by atoms with E-state index >= 15 is 0 Å². The molecule has 0 saturated carbocycles. The number of hydrogen-bond acceptors (Lipinski definition) is 4. The van der Waals surface area contributed by atoms with Gasteiger partial charge in [0.15, 0.2) is 0 Å². The molecule has 2 aromatic carbocycles. The first-order valence-electron chi connectivity index (χ1n) is 12.1. The third kappa shape index (κ3) is 5.70. The van der Waals surface area contributed by atoms with Gasteiger partial charge in [-0.3, -0.25) is 13.9 Å². The number of benzene rings is 2. The molecule has 1 fully saturated rings. The van der Waals surface area contributed by atoms with Crippen LogP contribution in [-0.4, -0.2) is 59.8 Å². The minimum Gasteiger partial charge on any atom is -0.375 e. The van der Waals surface area contributed by atoms with Gasteiger partial charge in [0.2, 0.25) is 0 Å². The number of imidazole rings is 1. The first-order chi connectivity index (χ1) is 17.3. The third-order valence-electron chi connectivity index (χ3n) is 6.79. The fourth-order valence-corrected chi connectivity index (χ4v) is 5.18. The maximum absolute atomic E-state index is 13.1. The molecule has 1 saturated heterocycles. The average molecular weight is 531 g/mol. The van der Waals surface area contributed by atoms with E-state index in [1.165, 1.54) is 7.11 Å². The Kier molecular flexibility index (Phi) is 8.57. The summed E-state index contributed by atoms with van der Waals surface area (Å²) in [4.78, 5) is 30.0. The second-order valence-corrected chi connectivity index (χ2v) is 10.1. The van der Waals surface area contributed by atoms with Gasteiger partial charge >= 0.3 is 5.69 Å². The molecule has 0 spiro atoms. The fourth-order valence-electron chi connectivity index (χ4n) is 4.89. The number of aromatic nitrogens is 2. The summed E-state index contributed by atoms with van der Waals surface area (Å²) in [7, 11) is 1.52. The molecule has 1 aliphatic heterocycles. The molecule has 9 heteroatoms. The first kappa shape index (κ1) is 26.5. The molecule has 0 atom stereocenters. The zero-order chi connectivity index (χ0) is 25.8. The number of hydrogen-bond donors (Lipinski definition) is 0. The van der Waals surface area contributed by atoms with Gasteiger partial charge in [-0.05, 0) is 69.1 Å². The van der Waals surface area contributed by atoms with E-state index < -0.39 is 0 Å². The van der Waals surface area contributed by atoms with E-state index in [-0.39, 0.29) is 18.2 Å². The van der Waals surface area contributed by atoms with Crippen LogP contribution in [0.5, 0.6) is 0 Å². The second kappa shape index (κ2) is 11.6. The van der Waals surface area contributed by atoms with Gasteiger partial charge < -0.3 is 14.5 Å². The van der Waals surface area contributed by atoms with Gasteiger partial charge in [-0.15, -0.1) is 0 Å². The number of carbonyl (C=O) groups excluding carboxylic acids is 1. The van der Waals surface area contributed by atoms with E-state index in [1.807, 2.05) is 41.8 Å². The predicted octanol–water partition coefficient (Wildman–Crippen LogP) is 4.99. The molecule has 2 heterocycles. The summed E-state index contributed by atoms with van der Waals surface area (Å²) < 4.78 is 8.62. The lowest BCUT2D eigenvalue weighted by molar-refractivity contribution is -0.122. The number of fused-ring (bicyclic) bond motifs is 1. The molecule has 0 N–H and O–H groups in total. The molecular formula is C27H32Cl2N4O3. The van der Waals surface area contributed by atoms with Crippen LogP contribution in [0.15, 0.2) is 53.8 Å². The average Bonchev–Trinajstić information content (AvgIpc) is 3.15. The van der Waals surface area contributed by atoms with E-state index in [9.17, 15) is 9.59 Å². The number of para-hydroxylation sites is 2. The monoisotopic (exact) mass is 530 g/mol. The van der Waals surface area contributed by atoms with Crippen LogP contribution in [0.4, 0.5) is 5.69 Å². The van der Waals surface area contributed by atoms with Crippen LogP contribution >= 0.6 is 23.2 Å². The lowest BCUT2D eigenvalue weighted by atomic mass is 9.96. The van der Waals surface area contributed by atoms with Crippen molar-refractivity contribution in [3.05, 3.63) is 69.6 Å². The fraction of sp³-hybridized carbons (Fsp3) is 0.407. The zero-order valence-corrected chi connectivity index (χ0v) is 22.3. The van der Waals surface area contributed by atoms with Crippen molar-refractivity contribution in [2.75, 3.05) is 44.8 Å². The second-order valence-electron chi connectivity index (χ2n) is 9.31. The summed E-state index contributed by atoms with van der Waals surface area (Å²) >= 11 is 12.3. The van der Waals surface area contributed by atoms with Crippen LogP contribution in [0.2, 0.25) is 10.0 Å². The highest BCUT2D eigenvalue weighted by atomic mass is 35.5. The molecule has 4 rings (SSSR count). The van der Waals surface area contributed by atoms with Gasteiger partial charge in [0.25, 0.3) is 5.91 Å². The van der Waals surface area contributed by atoms with Gasteiger partial charge in [0.05, 0.1) is 21.1 Å². The first-order valence-corrected chi connectivity index (χ1v) is 12.9. The summed E-state index contributed by atoms with van der Waals surface area (Å²) in [6, 6.07) is 13.1. The Labute approximate surface area is 221 Å². The number of rotatable bonds is 9. The molecule has 0 bridgehead atoms. The minimum absolute atomic E-state index is 0.00558. The SMILES string of the molecule is C=C(C)n1c(=O)n(CCN2CCC(CN(C(=O)COC)c3ccc(Cl)c(Cl)c3)CC2)c2ccccc21. The number of carbonyl (C=O) groups is 1. The van der Waals surface area contributed by atoms with Crippen LogP contribution in [0, 0.1) is 5.92 Å². The van der Waals surface area contributed by atoms with Crippen molar-refractivity contribution in [3.63, 3.8) is 0 Å². The Hall–Kier alpha value is -2.58. The normalized spacial score (nSPS) is 14.9. The molecule has 36 heavy (non-hydrogen) atoms. The van der Waals surface area contributed by atoms with Crippen molar-refractivity contribution >= 4 is 51.5 Å². The molecule has 0 aliphatic carbocycles. The van der Waals surface area contributed by atoms with E-state index in [1.54, 1.807) is 21.6 Å². The number of anilines is 1. The number of amides is 1. The number of ether oxygens (including phenoxy) is 1. The predicted molar refractivity (Wildman–Crippen MR) is 147 cm³/mol. The lowest BCUT2D eigenvalue weighted by Gasteiger charge is -2.35.